The molecule has 0 radical (unpaired) electrons. The van der Waals surface area contributed by atoms with Crippen LogP contribution in [-0.2, 0) is 0 Å². The number of amides is 1. The van der Waals surface area contributed by atoms with Gasteiger partial charge in [0.25, 0.3) is 5.91 Å². The first-order valence-electron chi connectivity index (χ1n) is 7.01. The van der Waals surface area contributed by atoms with Crippen molar-refractivity contribution in [3.05, 3.63) is 47.2 Å². The molecule has 22 heavy (non-hydrogen) atoms. The predicted molar refractivity (Wildman–Crippen MR) is 85.8 cm³/mol. The van der Waals surface area contributed by atoms with Crippen molar-refractivity contribution in [3.63, 3.8) is 0 Å². The van der Waals surface area contributed by atoms with Gasteiger partial charge in [-0.1, -0.05) is 11.6 Å². The predicted octanol–water partition coefficient (Wildman–Crippen LogP) is 2.04. The van der Waals surface area contributed by atoms with E-state index in [4.69, 9.17) is 17.3 Å². The van der Waals surface area contributed by atoms with Gasteiger partial charge in [-0.2, -0.15) is 0 Å². The minimum absolute atomic E-state index is 0.0151. The minimum atomic E-state index is 0.0151. The second-order valence-corrected chi connectivity index (χ2v) is 5.66. The van der Waals surface area contributed by atoms with Crippen molar-refractivity contribution in [1.82, 2.24) is 14.9 Å². The zero-order valence-corrected chi connectivity index (χ0v) is 12.6. The first-order chi connectivity index (χ1) is 10.6. The molecule has 2 aromatic rings. The SMILES string of the molecule is Nc1ccc(C(=O)N2CC[C@H](Nc3ncc(Cl)cn3)C2)cc1. The number of halogens is 1. The summed E-state index contributed by atoms with van der Waals surface area (Å²) in [6.07, 6.45) is 3.94. The third-order valence-corrected chi connectivity index (χ3v) is 3.78. The summed E-state index contributed by atoms with van der Waals surface area (Å²) in [5, 5.41) is 3.72. The van der Waals surface area contributed by atoms with Crippen molar-refractivity contribution in [2.75, 3.05) is 24.1 Å². The molecule has 0 bridgehead atoms. The number of carbonyl (C=O) groups is 1. The number of rotatable bonds is 3. The summed E-state index contributed by atoms with van der Waals surface area (Å²) in [6, 6.07) is 7.11. The molecule has 2 heterocycles. The number of likely N-dealkylation sites (tertiary alicyclic amines) is 1. The molecule has 1 aromatic carbocycles. The van der Waals surface area contributed by atoms with Gasteiger partial charge in [0.15, 0.2) is 0 Å². The van der Waals surface area contributed by atoms with Crippen LogP contribution in [-0.4, -0.2) is 39.9 Å². The topological polar surface area (TPSA) is 84.1 Å². The molecule has 6 nitrogen and oxygen atoms in total. The van der Waals surface area contributed by atoms with Crippen LogP contribution in [0.3, 0.4) is 0 Å². The summed E-state index contributed by atoms with van der Waals surface area (Å²) in [5.41, 5.74) is 6.94. The molecule has 1 aromatic heterocycles. The van der Waals surface area contributed by atoms with E-state index >= 15 is 0 Å². The van der Waals surface area contributed by atoms with Crippen LogP contribution in [0.25, 0.3) is 0 Å². The highest BCUT2D eigenvalue weighted by Gasteiger charge is 2.27. The van der Waals surface area contributed by atoms with E-state index in [1.54, 1.807) is 36.7 Å². The Labute approximate surface area is 133 Å². The Hall–Kier alpha value is -2.34. The average Bonchev–Trinajstić information content (AvgIpc) is 2.98. The number of hydrogen-bond donors (Lipinski definition) is 2. The summed E-state index contributed by atoms with van der Waals surface area (Å²) >= 11 is 5.76. The van der Waals surface area contributed by atoms with Crippen LogP contribution in [0.1, 0.15) is 16.8 Å². The van der Waals surface area contributed by atoms with Gasteiger partial charge in [-0.15, -0.1) is 0 Å². The van der Waals surface area contributed by atoms with Gasteiger partial charge in [0.2, 0.25) is 5.95 Å². The minimum Gasteiger partial charge on any atom is -0.399 e. The van der Waals surface area contributed by atoms with Gasteiger partial charge >= 0.3 is 0 Å². The molecular formula is C15H16ClN5O. The fourth-order valence-electron chi connectivity index (χ4n) is 2.44. The maximum Gasteiger partial charge on any atom is 0.253 e. The molecular weight excluding hydrogens is 302 g/mol. The van der Waals surface area contributed by atoms with E-state index in [0.717, 1.165) is 6.42 Å². The molecule has 1 saturated heterocycles. The van der Waals surface area contributed by atoms with Gasteiger partial charge in [-0.3, -0.25) is 4.79 Å². The number of nitrogens with two attached hydrogens (primary N) is 1. The summed E-state index contributed by atoms with van der Waals surface area (Å²) in [6.45, 7) is 1.32. The second kappa shape index (κ2) is 6.19. The molecule has 0 aliphatic carbocycles. The van der Waals surface area contributed by atoms with Crippen LogP contribution < -0.4 is 11.1 Å². The Morgan fingerprint density at radius 1 is 1.27 bits per heavy atom. The van der Waals surface area contributed by atoms with Crippen molar-refractivity contribution in [3.8, 4) is 0 Å². The van der Waals surface area contributed by atoms with E-state index < -0.39 is 0 Å². The lowest BCUT2D eigenvalue weighted by Crippen LogP contribution is -2.31. The van der Waals surface area contributed by atoms with Gasteiger partial charge in [-0.05, 0) is 30.7 Å². The van der Waals surface area contributed by atoms with E-state index in [9.17, 15) is 4.79 Å². The van der Waals surface area contributed by atoms with E-state index in [1.165, 1.54) is 0 Å². The van der Waals surface area contributed by atoms with Crippen molar-refractivity contribution in [2.45, 2.75) is 12.5 Å². The molecule has 1 fully saturated rings. The van der Waals surface area contributed by atoms with E-state index in [0.29, 0.717) is 35.3 Å². The summed E-state index contributed by atoms with van der Waals surface area (Å²) in [4.78, 5) is 22.4. The Morgan fingerprint density at radius 3 is 2.64 bits per heavy atom. The highest BCUT2D eigenvalue weighted by Crippen LogP contribution is 2.17. The maximum atomic E-state index is 12.4. The number of aromatic nitrogens is 2. The summed E-state index contributed by atoms with van der Waals surface area (Å²) in [5.74, 6) is 0.539. The molecule has 0 spiro atoms. The lowest BCUT2D eigenvalue weighted by molar-refractivity contribution is 0.0791. The Balaban J connectivity index is 1.61. The van der Waals surface area contributed by atoms with Gasteiger partial charge in [-0.25, -0.2) is 9.97 Å². The molecule has 1 aliphatic heterocycles. The highest BCUT2D eigenvalue weighted by atomic mass is 35.5. The first kappa shape index (κ1) is 14.6. The number of carbonyl (C=O) groups excluding carboxylic acids is 1. The van der Waals surface area contributed by atoms with Crippen LogP contribution in [0.2, 0.25) is 5.02 Å². The standard InChI is InChI=1S/C15H16ClN5O/c16-11-7-18-15(19-8-11)20-13-5-6-21(9-13)14(22)10-1-3-12(17)4-2-10/h1-4,7-8,13H,5-6,9,17H2,(H,18,19,20)/t13-/m0/s1. The van der Waals surface area contributed by atoms with Crippen LogP contribution in [0.15, 0.2) is 36.7 Å². The van der Waals surface area contributed by atoms with Crippen molar-refractivity contribution < 1.29 is 4.79 Å². The molecule has 3 N–H and O–H groups in total. The number of nitrogens with one attached hydrogen (secondary N) is 1. The number of nitrogen functional groups attached to an aromatic ring is 1. The molecule has 3 rings (SSSR count). The number of anilines is 2. The lowest BCUT2D eigenvalue weighted by atomic mass is 10.2. The molecule has 1 atom stereocenters. The largest absolute Gasteiger partial charge is 0.399 e. The van der Waals surface area contributed by atoms with E-state index in [1.807, 2.05) is 4.90 Å². The van der Waals surface area contributed by atoms with Crippen molar-refractivity contribution >= 4 is 29.1 Å². The Morgan fingerprint density at radius 2 is 1.95 bits per heavy atom. The summed E-state index contributed by atoms with van der Waals surface area (Å²) < 4.78 is 0. The van der Waals surface area contributed by atoms with E-state index in [-0.39, 0.29) is 11.9 Å². The molecule has 0 saturated carbocycles. The maximum absolute atomic E-state index is 12.4. The fourth-order valence-corrected chi connectivity index (χ4v) is 2.54. The zero-order valence-electron chi connectivity index (χ0n) is 11.9. The van der Waals surface area contributed by atoms with Gasteiger partial charge < -0.3 is 16.0 Å². The second-order valence-electron chi connectivity index (χ2n) is 5.23. The first-order valence-corrected chi connectivity index (χ1v) is 7.38. The normalized spacial score (nSPS) is 17.5. The van der Waals surface area contributed by atoms with Crippen LogP contribution in [0.5, 0.6) is 0 Å². The Bertz CT molecular complexity index is 659. The van der Waals surface area contributed by atoms with E-state index in [2.05, 4.69) is 15.3 Å². The third kappa shape index (κ3) is 3.28. The monoisotopic (exact) mass is 317 g/mol. The third-order valence-electron chi connectivity index (χ3n) is 3.59. The summed E-state index contributed by atoms with van der Waals surface area (Å²) in [7, 11) is 0. The molecule has 114 valence electrons. The van der Waals surface area contributed by atoms with Crippen LogP contribution in [0, 0.1) is 0 Å². The molecule has 1 amide bonds. The molecule has 7 heteroatoms. The lowest BCUT2D eigenvalue weighted by Gasteiger charge is -2.17. The molecule has 1 aliphatic rings. The highest BCUT2D eigenvalue weighted by molar-refractivity contribution is 6.30. The van der Waals surface area contributed by atoms with Gasteiger partial charge in [0, 0.05) is 30.4 Å². The smallest absolute Gasteiger partial charge is 0.253 e. The van der Waals surface area contributed by atoms with Gasteiger partial charge in [0.05, 0.1) is 17.4 Å². The van der Waals surface area contributed by atoms with Crippen LogP contribution >= 0.6 is 11.6 Å². The number of hydrogen-bond acceptors (Lipinski definition) is 5. The zero-order chi connectivity index (χ0) is 15.5. The number of nitrogens with zero attached hydrogens (tertiary/aromatic N) is 3. The van der Waals surface area contributed by atoms with Gasteiger partial charge in [0.1, 0.15) is 0 Å². The van der Waals surface area contributed by atoms with Crippen molar-refractivity contribution in [1.29, 1.82) is 0 Å². The quantitative estimate of drug-likeness (QED) is 0.846. The molecule has 0 unspecified atom stereocenters. The average molecular weight is 318 g/mol. The number of benzene rings is 1. The van der Waals surface area contributed by atoms with Crippen LogP contribution in [0.4, 0.5) is 11.6 Å². The Kier molecular flexibility index (Phi) is 4.11. The van der Waals surface area contributed by atoms with Crippen molar-refractivity contribution in [2.24, 2.45) is 0 Å². The fraction of sp³-hybridized carbons (Fsp3) is 0.267.